The summed E-state index contributed by atoms with van der Waals surface area (Å²) in [5, 5.41) is 6.95. The number of aromatic nitrogens is 2. The lowest BCUT2D eigenvalue weighted by atomic mass is 10.2. The van der Waals surface area contributed by atoms with Crippen molar-refractivity contribution in [1.82, 2.24) is 14.5 Å². The van der Waals surface area contributed by atoms with Crippen molar-refractivity contribution in [2.24, 2.45) is 0 Å². The first-order chi connectivity index (χ1) is 10.00. The van der Waals surface area contributed by atoms with E-state index >= 15 is 0 Å². The fraction of sp³-hybridized carbons (Fsp3) is 0.462. The lowest BCUT2D eigenvalue weighted by Gasteiger charge is -2.24. The van der Waals surface area contributed by atoms with E-state index in [0.717, 1.165) is 11.3 Å². The van der Waals surface area contributed by atoms with E-state index in [4.69, 9.17) is 9.15 Å². The summed E-state index contributed by atoms with van der Waals surface area (Å²) in [5.41, 5.74) is 2.51. The monoisotopic (exact) mass is 311 g/mol. The molecule has 3 heterocycles. The highest BCUT2D eigenvalue weighted by atomic mass is 32.2. The summed E-state index contributed by atoms with van der Waals surface area (Å²) in [7, 11) is -3.61. The number of ether oxygens (including phenoxy) is 1. The number of nitrogens with zero attached hydrogens (tertiary/aromatic N) is 2. The van der Waals surface area contributed by atoms with Gasteiger partial charge in [0, 0.05) is 24.3 Å². The average molecular weight is 311 g/mol. The third-order valence-corrected chi connectivity index (χ3v) is 5.40. The van der Waals surface area contributed by atoms with E-state index < -0.39 is 10.0 Å². The maximum absolute atomic E-state index is 12.5. The number of H-pyrrole nitrogens is 1. The van der Waals surface area contributed by atoms with Gasteiger partial charge in [-0.1, -0.05) is 0 Å². The van der Waals surface area contributed by atoms with Gasteiger partial charge in [-0.05, 0) is 26.0 Å². The molecule has 0 unspecified atom stereocenters. The Labute approximate surface area is 122 Å². The first-order valence-corrected chi connectivity index (χ1v) is 8.14. The molecular weight excluding hydrogens is 294 g/mol. The number of rotatable bonds is 3. The molecule has 0 aromatic carbocycles. The number of aryl methyl sites for hydroxylation is 1. The quantitative estimate of drug-likeness (QED) is 0.923. The van der Waals surface area contributed by atoms with Crippen molar-refractivity contribution < 1.29 is 17.6 Å². The third kappa shape index (κ3) is 2.50. The topological polar surface area (TPSA) is 88.4 Å². The molecule has 0 aliphatic carbocycles. The second-order valence-corrected chi connectivity index (χ2v) is 6.83. The zero-order chi connectivity index (χ0) is 15.0. The van der Waals surface area contributed by atoms with Crippen LogP contribution in [0.15, 0.2) is 21.6 Å². The highest BCUT2D eigenvalue weighted by molar-refractivity contribution is 7.89. The van der Waals surface area contributed by atoms with Gasteiger partial charge in [0.25, 0.3) is 10.0 Å². The lowest BCUT2D eigenvalue weighted by molar-refractivity contribution is 0.0724. The Morgan fingerprint density at radius 3 is 2.57 bits per heavy atom. The van der Waals surface area contributed by atoms with Crippen molar-refractivity contribution >= 4 is 10.0 Å². The first kappa shape index (κ1) is 14.3. The minimum atomic E-state index is -3.61. The maximum Gasteiger partial charge on any atom is 0.276 e. The summed E-state index contributed by atoms with van der Waals surface area (Å²) >= 11 is 0. The van der Waals surface area contributed by atoms with Crippen molar-refractivity contribution in [3.8, 4) is 11.5 Å². The number of nitrogens with one attached hydrogen (secondary N) is 1. The van der Waals surface area contributed by atoms with E-state index in [2.05, 4.69) is 10.2 Å². The van der Waals surface area contributed by atoms with Gasteiger partial charge in [0.2, 0.25) is 5.09 Å². The smallest absolute Gasteiger partial charge is 0.276 e. The molecule has 2 aromatic rings. The number of sulfonamides is 1. The highest BCUT2D eigenvalue weighted by Gasteiger charge is 2.29. The van der Waals surface area contributed by atoms with Crippen LogP contribution >= 0.6 is 0 Å². The zero-order valence-corrected chi connectivity index (χ0v) is 12.7. The van der Waals surface area contributed by atoms with Gasteiger partial charge in [-0.15, -0.1) is 0 Å². The molecule has 0 spiro atoms. The van der Waals surface area contributed by atoms with Crippen LogP contribution in [-0.4, -0.2) is 49.2 Å². The first-order valence-electron chi connectivity index (χ1n) is 6.70. The summed E-state index contributed by atoms with van der Waals surface area (Å²) < 4.78 is 37.0. The van der Waals surface area contributed by atoms with E-state index in [1.807, 2.05) is 13.8 Å². The molecule has 2 aromatic heterocycles. The minimum Gasteiger partial charge on any atom is -0.442 e. The molecule has 1 saturated heterocycles. The van der Waals surface area contributed by atoms with Crippen LogP contribution in [0.3, 0.4) is 0 Å². The van der Waals surface area contributed by atoms with Crippen LogP contribution in [0.1, 0.15) is 11.3 Å². The SMILES string of the molecule is Cc1[nH]nc(-c2ccc(S(=O)(=O)N3CCOCC3)o2)c1C. The maximum atomic E-state index is 12.5. The van der Waals surface area contributed by atoms with E-state index in [-0.39, 0.29) is 5.09 Å². The van der Waals surface area contributed by atoms with Crippen LogP contribution in [-0.2, 0) is 14.8 Å². The van der Waals surface area contributed by atoms with Crippen LogP contribution in [0.25, 0.3) is 11.5 Å². The van der Waals surface area contributed by atoms with E-state index in [9.17, 15) is 8.42 Å². The normalized spacial score (nSPS) is 17.2. The molecule has 1 aliphatic rings. The molecule has 114 valence electrons. The fourth-order valence-corrected chi connectivity index (χ4v) is 3.54. The van der Waals surface area contributed by atoms with E-state index in [1.54, 1.807) is 6.07 Å². The highest BCUT2D eigenvalue weighted by Crippen LogP contribution is 2.28. The number of aromatic amines is 1. The second-order valence-electron chi connectivity index (χ2n) is 4.96. The number of hydrogen-bond donors (Lipinski definition) is 1. The molecule has 21 heavy (non-hydrogen) atoms. The molecule has 3 rings (SSSR count). The zero-order valence-electron chi connectivity index (χ0n) is 11.9. The second kappa shape index (κ2) is 5.28. The van der Waals surface area contributed by atoms with Crippen molar-refractivity contribution in [3.05, 3.63) is 23.4 Å². The summed E-state index contributed by atoms with van der Waals surface area (Å²) in [6, 6.07) is 3.11. The van der Waals surface area contributed by atoms with Gasteiger partial charge in [0.05, 0.1) is 13.2 Å². The van der Waals surface area contributed by atoms with Gasteiger partial charge >= 0.3 is 0 Å². The molecule has 7 nitrogen and oxygen atoms in total. The molecular formula is C13H17N3O4S. The lowest BCUT2D eigenvalue weighted by Crippen LogP contribution is -2.40. The molecule has 1 N–H and O–H groups in total. The molecule has 0 amide bonds. The Balaban J connectivity index is 1.92. The van der Waals surface area contributed by atoms with Crippen LogP contribution in [0.4, 0.5) is 0 Å². The predicted molar refractivity (Wildman–Crippen MR) is 75.3 cm³/mol. The van der Waals surface area contributed by atoms with Crippen molar-refractivity contribution in [3.63, 3.8) is 0 Å². The van der Waals surface area contributed by atoms with Gasteiger partial charge in [-0.3, -0.25) is 5.10 Å². The minimum absolute atomic E-state index is 0.0561. The summed E-state index contributed by atoms with van der Waals surface area (Å²) in [6.45, 7) is 5.32. The van der Waals surface area contributed by atoms with Gasteiger partial charge < -0.3 is 9.15 Å². The predicted octanol–water partition coefficient (Wildman–Crippen LogP) is 1.31. The molecule has 0 saturated carbocycles. The van der Waals surface area contributed by atoms with Crippen LogP contribution in [0.5, 0.6) is 0 Å². The molecule has 8 heteroatoms. The Kier molecular flexibility index (Phi) is 3.60. The van der Waals surface area contributed by atoms with Crippen LogP contribution in [0, 0.1) is 13.8 Å². The van der Waals surface area contributed by atoms with Crippen molar-refractivity contribution in [2.45, 2.75) is 18.9 Å². The number of morpholine rings is 1. The Morgan fingerprint density at radius 2 is 1.95 bits per heavy atom. The third-order valence-electron chi connectivity index (χ3n) is 3.63. The van der Waals surface area contributed by atoms with Crippen LogP contribution < -0.4 is 0 Å². The Bertz CT molecular complexity index is 741. The van der Waals surface area contributed by atoms with E-state index in [1.165, 1.54) is 10.4 Å². The molecule has 0 radical (unpaired) electrons. The summed E-state index contributed by atoms with van der Waals surface area (Å²) in [5.74, 6) is 0.448. The molecule has 1 fully saturated rings. The number of furan rings is 1. The van der Waals surface area contributed by atoms with Crippen molar-refractivity contribution in [2.75, 3.05) is 26.3 Å². The molecule has 1 aliphatic heterocycles. The van der Waals surface area contributed by atoms with Crippen LogP contribution in [0.2, 0.25) is 0 Å². The summed E-state index contributed by atoms with van der Waals surface area (Å²) in [4.78, 5) is 0. The average Bonchev–Trinajstić information content (AvgIpc) is 3.09. The van der Waals surface area contributed by atoms with Gasteiger partial charge in [-0.2, -0.15) is 9.40 Å². The standard InChI is InChI=1S/C13H17N3O4S/c1-9-10(2)14-15-13(9)11-3-4-12(20-11)21(17,18)16-5-7-19-8-6-16/h3-4H,5-8H2,1-2H3,(H,14,15). The number of hydrogen-bond acceptors (Lipinski definition) is 5. The van der Waals surface area contributed by atoms with Gasteiger partial charge in [-0.25, -0.2) is 8.42 Å². The fourth-order valence-electron chi connectivity index (χ4n) is 2.23. The van der Waals surface area contributed by atoms with Gasteiger partial charge in [0.1, 0.15) is 5.69 Å². The molecule has 0 atom stereocenters. The Hall–Kier alpha value is -1.64. The Morgan fingerprint density at radius 1 is 1.24 bits per heavy atom. The largest absolute Gasteiger partial charge is 0.442 e. The van der Waals surface area contributed by atoms with Gasteiger partial charge in [0.15, 0.2) is 5.76 Å². The molecule has 0 bridgehead atoms. The van der Waals surface area contributed by atoms with Crippen molar-refractivity contribution in [1.29, 1.82) is 0 Å². The summed E-state index contributed by atoms with van der Waals surface area (Å²) in [6.07, 6.45) is 0. The van der Waals surface area contributed by atoms with E-state index in [0.29, 0.717) is 37.8 Å².